The molecule has 3 aromatic carbocycles. The molecule has 0 saturated carbocycles. The van der Waals surface area contributed by atoms with Gasteiger partial charge in [-0.25, -0.2) is 0 Å². The highest BCUT2D eigenvalue weighted by atomic mass is 35.5. The topological polar surface area (TPSA) is 90.4 Å². The van der Waals surface area contributed by atoms with Crippen molar-refractivity contribution >= 4 is 35.0 Å². The first-order chi connectivity index (χ1) is 23.2. The minimum Gasteiger partial charge on any atom is -0.394 e. The minimum atomic E-state index is -1.26. The smallest absolute Gasteiger partial charge is 0.253 e. The molecule has 6 atom stereocenters. The number of fused-ring (bicyclic) bond motifs is 1. The SMILES string of the molecule is C=CCN(Cc1ccccc1)C(=O)[C@@H]1[C@@H]2CCC3(O2)C(C(=O)N(CC=C)c2c(C)cccc2Cl)N([C@@H](CO)Cc2ccccc2)C(=O)[C@H]13. The maximum absolute atomic E-state index is 15.1. The fourth-order valence-electron chi connectivity index (χ4n) is 8.12. The second kappa shape index (κ2) is 14.1. The van der Waals surface area contributed by atoms with Gasteiger partial charge >= 0.3 is 0 Å². The molecule has 1 N–H and O–H groups in total. The van der Waals surface area contributed by atoms with Crippen molar-refractivity contribution in [2.24, 2.45) is 11.8 Å². The molecule has 3 heterocycles. The van der Waals surface area contributed by atoms with E-state index in [2.05, 4.69) is 13.2 Å². The van der Waals surface area contributed by atoms with Crippen LogP contribution in [-0.2, 0) is 32.1 Å². The van der Waals surface area contributed by atoms with Crippen molar-refractivity contribution in [2.75, 3.05) is 24.6 Å². The Bertz CT molecular complexity index is 1660. The number of benzene rings is 3. The molecular weight excluding hydrogens is 626 g/mol. The summed E-state index contributed by atoms with van der Waals surface area (Å²) in [5, 5.41) is 11.2. The first kappa shape index (κ1) is 33.7. The first-order valence-corrected chi connectivity index (χ1v) is 16.9. The number of rotatable bonds is 13. The first-order valence-electron chi connectivity index (χ1n) is 16.5. The van der Waals surface area contributed by atoms with Gasteiger partial charge in [0, 0.05) is 19.6 Å². The van der Waals surface area contributed by atoms with Gasteiger partial charge in [-0.15, -0.1) is 13.2 Å². The predicted octanol–water partition coefficient (Wildman–Crippen LogP) is 5.36. The lowest BCUT2D eigenvalue weighted by molar-refractivity contribution is -0.147. The van der Waals surface area contributed by atoms with Gasteiger partial charge in [-0.2, -0.15) is 0 Å². The number of aliphatic hydroxyl groups excluding tert-OH is 1. The number of hydrogen-bond acceptors (Lipinski definition) is 5. The van der Waals surface area contributed by atoms with Crippen LogP contribution in [0.25, 0.3) is 0 Å². The van der Waals surface area contributed by atoms with Crippen LogP contribution in [0, 0.1) is 18.8 Å². The third-order valence-electron chi connectivity index (χ3n) is 10.1. The number of halogens is 1. The van der Waals surface area contributed by atoms with E-state index in [1.54, 1.807) is 28.0 Å². The van der Waals surface area contributed by atoms with Crippen LogP contribution >= 0.6 is 11.6 Å². The van der Waals surface area contributed by atoms with E-state index in [9.17, 15) is 14.7 Å². The summed E-state index contributed by atoms with van der Waals surface area (Å²) in [6, 6.07) is 22.8. The van der Waals surface area contributed by atoms with Gasteiger partial charge in [0.15, 0.2) is 0 Å². The second-order valence-electron chi connectivity index (χ2n) is 13.0. The van der Waals surface area contributed by atoms with Crippen LogP contribution in [0.15, 0.2) is 104 Å². The van der Waals surface area contributed by atoms with Crippen molar-refractivity contribution in [2.45, 2.75) is 56.5 Å². The Morgan fingerprint density at radius 1 is 1.00 bits per heavy atom. The molecule has 3 saturated heterocycles. The van der Waals surface area contributed by atoms with Crippen molar-refractivity contribution in [3.63, 3.8) is 0 Å². The summed E-state index contributed by atoms with van der Waals surface area (Å²) < 4.78 is 6.78. The number of ether oxygens (including phenoxy) is 1. The monoisotopic (exact) mass is 667 g/mol. The molecule has 8 nitrogen and oxygen atoms in total. The van der Waals surface area contributed by atoms with Crippen LogP contribution in [0.1, 0.15) is 29.5 Å². The third kappa shape index (κ3) is 5.87. The van der Waals surface area contributed by atoms with E-state index in [4.69, 9.17) is 16.3 Å². The Kier molecular flexibility index (Phi) is 9.88. The zero-order chi connectivity index (χ0) is 34.0. The quantitative estimate of drug-likeness (QED) is 0.248. The fraction of sp³-hybridized carbons (Fsp3) is 0.359. The van der Waals surface area contributed by atoms with Gasteiger partial charge in [-0.1, -0.05) is 96.5 Å². The van der Waals surface area contributed by atoms with E-state index in [1.165, 1.54) is 4.90 Å². The van der Waals surface area contributed by atoms with Crippen molar-refractivity contribution in [3.05, 3.63) is 126 Å². The molecule has 250 valence electrons. The maximum atomic E-state index is 15.1. The molecule has 3 aromatic rings. The highest BCUT2D eigenvalue weighted by molar-refractivity contribution is 6.34. The average molecular weight is 668 g/mol. The standard InChI is InChI=1S/C39H42ClN3O5/c1-4-21-41(24-28-16-10-7-11-17-28)36(45)32-31-19-20-39(48-31)33(32)37(46)43(29(25-44)23-27-14-8-6-9-15-27)35(39)38(47)42(22-5-2)34-26(3)13-12-18-30(34)40/h4-18,29,31-33,35,44H,1-2,19-25H2,3H3/t29-,31+,32-,33+,35?,39?/m1/s1. The molecule has 1 spiro atoms. The maximum Gasteiger partial charge on any atom is 0.253 e. The summed E-state index contributed by atoms with van der Waals surface area (Å²) in [6.07, 6.45) is 4.06. The Hall–Kier alpha value is -4.24. The summed E-state index contributed by atoms with van der Waals surface area (Å²) in [7, 11) is 0. The summed E-state index contributed by atoms with van der Waals surface area (Å²) in [5.74, 6) is -2.62. The largest absolute Gasteiger partial charge is 0.394 e. The number of para-hydroxylation sites is 1. The number of aryl methyl sites for hydroxylation is 1. The summed E-state index contributed by atoms with van der Waals surface area (Å²) in [6.45, 7) is 10.1. The molecule has 3 aliphatic rings. The lowest BCUT2D eigenvalue weighted by Crippen LogP contribution is -2.59. The zero-order valence-corrected chi connectivity index (χ0v) is 28.0. The number of carbonyl (C=O) groups is 3. The van der Waals surface area contributed by atoms with Crippen LogP contribution < -0.4 is 4.90 Å². The molecule has 2 bridgehead atoms. The number of anilines is 1. The van der Waals surface area contributed by atoms with Gasteiger partial charge in [-0.3, -0.25) is 14.4 Å². The molecular formula is C39H42ClN3O5. The fourth-order valence-corrected chi connectivity index (χ4v) is 8.44. The van der Waals surface area contributed by atoms with Crippen LogP contribution in [0.5, 0.6) is 0 Å². The number of aliphatic hydroxyl groups is 1. The number of carbonyl (C=O) groups excluding carboxylic acids is 3. The van der Waals surface area contributed by atoms with E-state index < -0.39 is 35.6 Å². The predicted molar refractivity (Wildman–Crippen MR) is 186 cm³/mol. The van der Waals surface area contributed by atoms with Gasteiger partial charge in [0.2, 0.25) is 11.8 Å². The highest BCUT2D eigenvalue weighted by Gasteiger charge is 2.75. The van der Waals surface area contributed by atoms with Crippen molar-refractivity contribution in [1.29, 1.82) is 0 Å². The van der Waals surface area contributed by atoms with E-state index in [0.29, 0.717) is 43.1 Å². The van der Waals surface area contributed by atoms with Gasteiger partial charge in [0.1, 0.15) is 11.6 Å². The molecule has 0 aromatic heterocycles. The van der Waals surface area contributed by atoms with Crippen LogP contribution in [0.4, 0.5) is 5.69 Å². The Labute approximate surface area is 287 Å². The summed E-state index contributed by atoms with van der Waals surface area (Å²) in [5.41, 5.74) is 1.92. The molecule has 3 amide bonds. The molecule has 6 rings (SSSR count). The summed E-state index contributed by atoms with van der Waals surface area (Å²) >= 11 is 6.72. The van der Waals surface area contributed by atoms with E-state index in [1.807, 2.05) is 79.7 Å². The van der Waals surface area contributed by atoms with E-state index >= 15 is 4.79 Å². The lowest BCUT2D eigenvalue weighted by Gasteiger charge is -2.39. The molecule has 3 fully saturated rings. The Morgan fingerprint density at radius 2 is 1.67 bits per heavy atom. The van der Waals surface area contributed by atoms with Crippen LogP contribution in [-0.4, -0.2) is 76.1 Å². The van der Waals surface area contributed by atoms with Crippen LogP contribution in [0.2, 0.25) is 5.02 Å². The summed E-state index contributed by atoms with van der Waals surface area (Å²) in [4.78, 5) is 49.3. The molecule has 2 unspecified atom stereocenters. The molecule has 9 heteroatoms. The van der Waals surface area contributed by atoms with E-state index in [-0.39, 0.29) is 30.9 Å². The van der Waals surface area contributed by atoms with Gasteiger partial charge in [-0.05, 0) is 48.9 Å². The van der Waals surface area contributed by atoms with Crippen molar-refractivity contribution < 1.29 is 24.2 Å². The number of nitrogens with zero attached hydrogens (tertiary/aromatic N) is 3. The molecule has 48 heavy (non-hydrogen) atoms. The number of likely N-dealkylation sites (tertiary alicyclic amines) is 1. The molecule has 0 radical (unpaired) electrons. The number of hydrogen-bond donors (Lipinski definition) is 1. The minimum absolute atomic E-state index is 0.140. The Balaban J connectivity index is 1.44. The molecule has 0 aliphatic carbocycles. The lowest BCUT2D eigenvalue weighted by atomic mass is 9.70. The van der Waals surface area contributed by atoms with E-state index in [0.717, 1.165) is 16.7 Å². The van der Waals surface area contributed by atoms with Gasteiger partial charge in [0.25, 0.3) is 5.91 Å². The van der Waals surface area contributed by atoms with Gasteiger partial charge < -0.3 is 24.5 Å². The highest BCUT2D eigenvalue weighted by Crippen LogP contribution is 2.59. The number of amides is 3. The van der Waals surface area contributed by atoms with Gasteiger partial charge in [0.05, 0.1) is 41.3 Å². The molecule has 3 aliphatic heterocycles. The average Bonchev–Trinajstić information content (AvgIpc) is 3.74. The normalized spacial score (nSPS) is 24.6. The van der Waals surface area contributed by atoms with Crippen LogP contribution in [0.3, 0.4) is 0 Å². The second-order valence-corrected chi connectivity index (χ2v) is 13.4. The van der Waals surface area contributed by atoms with Crippen molar-refractivity contribution in [3.8, 4) is 0 Å². The Morgan fingerprint density at radius 3 is 2.29 bits per heavy atom. The van der Waals surface area contributed by atoms with Crippen molar-refractivity contribution in [1.82, 2.24) is 9.80 Å². The third-order valence-corrected chi connectivity index (χ3v) is 10.4. The zero-order valence-electron chi connectivity index (χ0n) is 27.2.